The third kappa shape index (κ3) is 5.90. The Bertz CT molecular complexity index is 1880. The van der Waals surface area contributed by atoms with E-state index in [0.29, 0.717) is 42.8 Å². The number of aryl methyl sites for hydroxylation is 4. The maximum absolute atomic E-state index is 13.2. The monoisotopic (exact) mass is 596 g/mol. The molecule has 9 heteroatoms. The molecule has 0 fully saturated rings. The number of hydrogen-bond donors (Lipinski definition) is 3. The Morgan fingerprint density at radius 1 is 0.682 bits per heavy atom. The summed E-state index contributed by atoms with van der Waals surface area (Å²) in [6, 6.07) is 25.2. The lowest BCUT2D eigenvalue weighted by Crippen LogP contribution is -2.46. The van der Waals surface area contributed by atoms with Crippen LogP contribution in [0, 0.1) is 0 Å². The summed E-state index contributed by atoms with van der Waals surface area (Å²) in [7, 11) is 1.41. The summed E-state index contributed by atoms with van der Waals surface area (Å²) < 4.78 is 23.8. The summed E-state index contributed by atoms with van der Waals surface area (Å²) in [6.45, 7) is 0. The van der Waals surface area contributed by atoms with Gasteiger partial charge in [0.25, 0.3) is 0 Å². The largest absolute Gasteiger partial charge is 0.493 e. The lowest BCUT2D eigenvalue weighted by atomic mass is 9.87. The summed E-state index contributed by atoms with van der Waals surface area (Å²) in [5, 5.41) is 32.5. The molecule has 0 saturated carbocycles. The van der Waals surface area contributed by atoms with Gasteiger partial charge in [-0.25, -0.2) is 0 Å². The summed E-state index contributed by atoms with van der Waals surface area (Å²) in [5.74, 6) is 0.992. The van der Waals surface area contributed by atoms with Crippen LogP contribution in [0.5, 0.6) is 11.5 Å². The second-order valence-corrected chi connectivity index (χ2v) is 10.9. The van der Waals surface area contributed by atoms with Gasteiger partial charge in [-0.05, 0) is 30.0 Å². The SMILES string of the molecule is COc1cc2oc(CCc3ccccc3)cc(=O)c2cc1O[C@H]1c2oc(CCc3ccccc3)cc(=O)c2[C@H](O)[C@@H](O)[C@H]1O. The van der Waals surface area contributed by atoms with Crippen molar-refractivity contribution in [1.82, 2.24) is 0 Å². The van der Waals surface area contributed by atoms with E-state index in [1.807, 2.05) is 60.7 Å². The first-order valence-corrected chi connectivity index (χ1v) is 14.4. The Hall–Kier alpha value is -4.70. The minimum Gasteiger partial charge on any atom is -0.493 e. The molecule has 3 aromatic carbocycles. The first-order valence-electron chi connectivity index (χ1n) is 14.4. The van der Waals surface area contributed by atoms with Crippen LogP contribution in [-0.2, 0) is 25.7 Å². The van der Waals surface area contributed by atoms with E-state index in [1.165, 1.54) is 31.4 Å². The van der Waals surface area contributed by atoms with Crippen LogP contribution < -0.4 is 20.3 Å². The highest BCUT2D eigenvalue weighted by atomic mass is 16.5. The molecule has 0 radical (unpaired) electrons. The Morgan fingerprint density at radius 3 is 1.89 bits per heavy atom. The smallest absolute Gasteiger partial charge is 0.193 e. The quantitative estimate of drug-likeness (QED) is 0.228. The molecule has 5 aromatic rings. The van der Waals surface area contributed by atoms with Gasteiger partial charge in [0.15, 0.2) is 34.2 Å². The number of methoxy groups -OCH3 is 1. The summed E-state index contributed by atoms with van der Waals surface area (Å²) >= 11 is 0. The molecule has 0 bridgehead atoms. The van der Waals surface area contributed by atoms with Crippen molar-refractivity contribution in [1.29, 1.82) is 0 Å². The molecule has 0 saturated heterocycles. The van der Waals surface area contributed by atoms with Crippen molar-refractivity contribution in [3.05, 3.63) is 139 Å². The molecule has 0 aliphatic heterocycles. The van der Waals surface area contributed by atoms with Crippen molar-refractivity contribution in [3.63, 3.8) is 0 Å². The van der Waals surface area contributed by atoms with E-state index in [4.69, 9.17) is 18.3 Å². The van der Waals surface area contributed by atoms with Crippen molar-refractivity contribution in [3.8, 4) is 11.5 Å². The van der Waals surface area contributed by atoms with E-state index in [-0.39, 0.29) is 33.6 Å². The van der Waals surface area contributed by atoms with Crippen LogP contribution in [0.2, 0.25) is 0 Å². The highest BCUT2D eigenvalue weighted by Gasteiger charge is 2.46. The van der Waals surface area contributed by atoms with Gasteiger partial charge in [-0.1, -0.05) is 60.7 Å². The molecule has 226 valence electrons. The molecule has 3 N–H and O–H groups in total. The van der Waals surface area contributed by atoms with E-state index < -0.39 is 29.8 Å². The molecule has 1 aliphatic carbocycles. The average Bonchev–Trinajstić information content (AvgIpc) is 3.04. The first kappa shape index (κ1) is 29.4. The van der Waals surface area contributed by atoms with Gasteiger partial charge in [-0.2, -0.15) is 0 Å². The minimum absolute atomic E-state index is 0.0558. The molecular weight excluding hydrogens is 564 g/mol. The normalized spacial score (nSPS) is 19.5. The highest BCUT2D eigenvalue weighted by molar-refractivity contribution is 5.81. The van der Waals surface area contributed by atoms with Crippen LogP contribution in [0.1, 0.15) is 46.2 Å². The predicted octanol–water partition coefficient (Wildman–Crippen LogP) is 4.21. The maximum atomic E-state index is 13.2. The molecule has 0 amide bonds. The molecule has 6 rings (SSSR count). The van der Waals surface area contributed by atoms with E-state index >= 15 is 0 Å². The van der Waals surface area contributed by atoms with E-state index in [0.717, 1.165) is 11.1 Å². The maximum Gasteiger partial charge on any atom is 0.193 e. The Labute approximate surface area is 252 Å². The molecule has 2 heterocycles. The summed E-state index contributed by atoms with van der Waals surface area (Å²) in [6.07, 6.45) is -4.29. The second kappa shape index (κ2) is 12.5. The fraction of sp³-hybridized carbons (Fsp3) is 0.257. The number of hydrogen-bond acceptors (Lipinski definition) is 9. The lowest BCUT2D eigenvalue weighted by molar-refractivity contribution is -0.121. The fourth-order valence-corrected chi connectivity index (χ4v) is 5.56. The van der Waals surface area contributed by atoms with Crippen LogP contribution in [0.4, 0.5) is 0 Å². The van der Waals surface area contributed by atoms with Gasteiger partial charge in [-0.15, -0.1) is 0 Å². The third-order valence-electron chi connectivity index (χ3n) is 7.93. The van der Waals surface area contributed by atoms with Gasteiger partial charge in [0.2, 0.25) is 0 Å². The summed E-state index contributed by atoms with van der Waals surface area (Å²) in [4.78, 5) is 26.3. The van der Waals surface area contributed by atoms with Gasteiger partial charge in [0.1, 0.15) is 35.4 Å². The number of ether oxygens (including phenoxy) is 2. The zero-order valence-electron chi connectivity index (χ0n) is 24.0. The Kier molecular flexibility index (Phi) is 8.34. The van der Waals surface area contributed by atoms with Crippen molar-refractivity contribution >= 4 is 11.0 Å². The second-order valence-electron chi connectivity index (χ2n) is 10.9. The van der Waals surface area contributed by atoms with Crippen molar-refractivity contribution in [2.24, 2.45) is 0 Å². The van der Waals surface area contributed by atoms with Gasteiger partial charge >= 0.3 is 0 Å². The molecule has 2 aromatic heterocycles. The molecular formula is C35H32O9. The van der Waals surface area contributed by atoms with Gasteiger partial charge in [0, 0.05) is 31.0 Å². The number of fused-ring (bicyclic) bond motifs is 2. The van der Waals surface area contributed by atoms with E-state index in [2.05, 4.69) is 0 Å². The minimum atomic E-state index is -1.73. The van der Waals surface area contributed by atoms with Crippen molar-refractivity contribution < 1.29 is 33.6 Å². The highest BCUT2D eigenvalue weighted by Crippen LogP contribution is 2.41. The fourth-order valence-electron chi connectivity index (χ4n) is 5.56. The van der Waals surface area contributed by atoms with Crippen LogP contribution in [0.3, 0.4) is 0 Å². The third-order valence-corrected chi connectivity index (χ3v) is 7.93. The Morgan fingerprint density at radius 2 is 1.27 bits per heavy atom. The predicted molar refractivity (Wildman–Crippen MR) is 162 cm³/mol. The standard InChI is InChI=1S/C35H32O9/c1-41-28-19-27-24(25(36)16-22(42-27)14-12-20-8-4-2-5-9-20)18-29(28)44-35-33(40)32(39)31(38)30-26(37)17-23(43-34(30)35)15-13-21-10-6-3-7-11-21/h2-11,16-19,31-33,35,38-40H,12-15H2,1H3/t31-,32+,33+,35+/m0/s1. The van der Waals surface area contributed by atoms with Gasteiger partial charge in [-0.3, -0.25) is 9.59 Å². The average molecular weight is 597 g/mol. The molecule has 44 heavy (non-hydrogen) atoms. The number of aliphatic hydroxyl groups excluding tert-OH is 3. The molecule has 4 atom stereocenters. The zero-order chi connectivity index (χ0) is 30.8. The van der Waals surface area contributed by atoms with Crippen LogP contribution in [0.25, 0.3) is 11.0 Å². The Balaban J connectivity index is 1.33. The lowest BCUT2D eigenvalue weighted by Gasteiger charge is -2.35. The van der Waals surface area contributed by atoms with E-state index in [9.17, 15) is 24.9 Å². The van der Waals surface area contributed by atoms with Crippen molar-refractivity contribution in [2.45, 2.75) is 50.1 Å². The molecule has 9 nitrogen and oxygen atoms in total. The molecule has 1 aliphatic rings. The van der Waals surface area contributed by atoms with Crippen LogP contribution in [0.15, 0.2) is 103 Å². The van der Waals surface area contributed by atoms with Gasteiger partial charge < -0.3 is 33.6 Å². The summed E-state index contributed by atoms with van der Waals surface area (Å²) in [5.41, 5.74) is 1.41. The first-order chi connectivity index (χ1) is 21.3. The molecule has 0 spiro atoms. The van der Waals surface area contributed by atoms with Crippen LogP contribution >= 0.6 is 0 Å². The number of rotatable bonds is 9. The zero-order valence-corrected chi connectivity index (χ0v) is 24.0. The van der Waals surface area contributed by atoms with E-state index in [1.54, 1.807) is 0 Å². The van der Waals surface area contributed by atoms with Crippen molar-refractivity contribution in [2.75, 3.05) is 7.11 Å². The molecule has 0 unspecified atom stereocenters. The van der Waals surface area contributed by atoms with Gasteiger partial charge in [0.05, 0.1) is 18.1 Å². The van der Waals surface area contributed by atoms with Crippen LogP contribution in [-0.4, -0.2) is 34.6 Å². The number of aliphatic hydroxyl groups is 3. The topological polar surface area (TPSA) is 140 Å². The number of benzene rings is 3.